The molecule has 22 heavy (non-hydrogen) atoms. The van der Waals surface area contributed by atoms with Crippen molar-refractivity contribution in [2.24, 2.45) is 4.99 Å². The number of aryl methyl sites for hydroxylation is 1. The molecule has 1 heteroatoms. The smallest absolute Gasteiger partial charge is 0.0277 e. The van der Waals surface area contributed by atoms with Crippen molar-refractivity contribution in [1.29, 1.82) is 0 Å². The summed E-state index contributed by atoms with van der Waals surface area (Å²) >= 11 is 0. The standard InChI is InChI=1S/C21H23N/c1-14-8-6-10-17-19(14)15(2)20-16(12-13-22-5)9-7-11-18(20)21(17,3)4/h6-13H,1-5H3/b16-12-,22-13+. The van der Waals surface area contributed by atoms with Crippen LogP contribution in [0.25, 0.3) is 11.6 Å². The Balaban J connectivity index is 2.56. The van der Waals surface area contributed by atoms with Crippen LogP contribution in [0.2, 0.25) is 0 Å². The lowest BCUT2D eigenvalue weighted by Crippen LogP contribution is -2.41. The van der Waals surface area contributed by atoms with Crippen LogP contribution in [0.1, 0.15) is 43.0 Å². The van der Waals surface area contributed by atoms with Gasteiger partial charge in [0.1, 0.15) is 0 Å². The van der Waals surface area contributed by atoms with Crippen molar-refractivity contribution in [2.75, 3.05) is 7.05 Å². The number of benzene rings is 2. The van der Waals surface area contributed by atoms with E-state index in [-0.39, 0.29) is 5.41 Å². The molecule has 0 saturated heterocycles. The quantitative estimate of drug-likeness (QED) is 0.714. The molecule has 0 atom stereocenters. The van der Waals surface area contributed by atoms with Gasteiger partial charge in [-0.3, -0.25) is 4.99 Å². The summed E-state index contributed by atoms with van der Waals surface area (Å²) in [6.45, 7) is 9.12. The fraction of sp³-hybridized carbons (Fsp3) is 0.286. The van der Waals surface area contributed by atoms with Crippen LogP contribution in [0.5, 0.6) is 0 Å². The first-order valence-electron chi connectivity index (χ1n) is 7.82. The van der Waals surface area contributed by atoms with E-state index in [1.54, 1.807) is 0 Å². The average molecular weight is 289 g/mol. The van der Waals surface area contributed by atoms with E-state index >= 15 is 0 Å². The molecule has 2 aromatic carbocycles. The van der Waals surface area contributed by atoms with Crippen LogP contribution in [-0.2, 0) is 5.41 Å². The van der Waals surface area contributed by atoms with Gasteiger partial charge in [-0.25, -0.2) is 0 Å². The van der Waals surface area contributed by atoms with Gasteiger partial charge in [-0.1, -0.05) is 50.2 Å². The van der Waals surface area contributed by atoms with E-state index in [1.807, 2.05) is 13.3 Å². The molecule has 1 aliphatic rings. The predicted octanol–water partition coefficient (Wildman–Crippen LogP) is 3.33. The molecule has 2 aromatic rings. The van der Waals surface area contributed by atoms with Crippen LogP contribution >= 0.6 is 0 Å². The molecule has 0 aromatic heterocycles. The van der Waals surface area contributed by atoms with Gasteiger partial charge in [0.25, 0.3) is 0 Å². The van der Waals surface area contributed by atoms with Gasteiger partial charge in [-0.2, -0.15) is 0 Å². The van der Waals surface area contributed by atoms with E-state index in [4.69, 9.17) is 0 Å². The van der Waals surface area contributed by atoms with Crippen LogP contribution < -0.4 is 10.4 Å². The molecule has 0 bridgehead atoms. The summed E-state index contributed by atoms with van der Waals surface area (Å²) in [7, 11) is 1.81. The Morgan fingerprint density at radius 1 is 0.955 bits per heavy atom. The van der Waals surface area contributed by atoms with E-state index in [0.29, 0.717) is 0 Å². The number of rotatable bonds is 1. The number of nitrogens with zero attached hydrogens (tertiary/aromatic N) is 1. The molecule has 3 rings (SSSR count). The summed E-state index contributed by atoms with van der Waals surface area (Å²) in [6, 6.07) is 13.3. The minimum atomic E-state index is 0.0173. The summed E-state index contributed by atoms with van der Waals surface area (Å²) in [5, 5.41) is 2.62. The first-order valence-corrected chi connectivity index (χ1v) is 7.82. The molecule has 0 spiro atoms. The topological polar surface area (TPSA) is 12.4 Å². The largest absolute Gasteiger partial charge is 0.296 e. The van der Waals surface area contributed by atoms with Crippen LogP contribution in [0, 0.1) is 6.92 Å². The fourth-order valence-electron chi connectivity index (χ4n) is 3.76. The Bertz CT molecular complexity index is 883. The predicted molar refractivity (Wildman–Crippen MR) is 96.1 cm³/mol. The molecule has 0 fully saturated rings. The monoisotopic (exact) mass is 289 g/mol. The SMILES string of the molecule is C/N=C/C=c1/cccc2c1=C(C)c1c(C)cccc1C2(C)C. The van der Waals surface area contributed by atoms with Gasteiger partial charge < -0.3 is 0 Å². The van der Waals surface area contributed by atoms with Crippen molar-refractivity contribution in [3.8, 4) is 0 Å². The van der Waals surface area contributed by atoms with Crippen LogP contribution in [0.3, 0.4) is 0 Å². The minimum absolute atomic E-state index is 0.0173. The van der Waals surface area contributed by atoms with Gasteiger partial charge in [0.15, 0.2) is 0 Å². The maximum Gasteiger partial charge on any atom is 0.0277 e. The summed E-state index contributed by atoms with van der Waals surface area (Å²) < 4.78 is 0. The van der Waals surface area contributed by atoms with Gasteiger partial charge in [-0.15, -0.1) is 0 Å². The number of fused-ring (bicyclic) bond motifs is 2. The van der Waals surface area contributed by atoms with Crippen LogP contribution in [0.15, 0.2) is 41.4 Å². The molecular formula is C21H23N. The minimum Gasteiger partial charge on any atom is -0.296 e. The average Bonchev–Trinajstić information content (AvgIpc) is 2.50. The van der Waals surface area contributed by atoms with E-state index in [1.165, 1.54) is 38.3 Å². The summed E-state index contributed by atoms with van der Waals surface area (Å²) in [5.74, 6) is 0. The zero-order valence-corrected chi connectivity index (χ0v) is 14.1. The first kappa shape index (κ1) is 14.8. The second-order valence-corrected chi connectivity index (χ2v) is 6.59. The third kappa shape index (κ3) is 2.04. The van der Waals surface area contributed by atoms with Crippen molar-refractivity contribution in [3.63, 3.8) is 0 Å². The Morgan fingerprint density at radius 2 is 1.64 bits per heavy atom. The van der Waals surface area contributed by atoms with Crippen molar-refractivity contribution < 1.29 is 0 Å². The third-order valence-electron chi connectivity index (χ3n) is 4.87. The molecule has 0 N–H and O–H groups in total. The number of hydrogen-bond acceptors (Lipinski definition) is 1. The molecule has 112 valence electrons. The van der Waals surface area contributed by atoms with Gasteiger partial charge in [0.2, 0.25) is 0 Å². The van der Waals surface area contributed by atoms with Crippen LogP contribution in [-0.4, -0.2) is 13.3 Å². The van der Waals surface area contributed by atoms with Gasteiger partial charge in [0, 0.05) is 18.7 Å². The maximum absolute atomic E-state index is 4.11. The van der Waals surface area contributed by atoms with Gasteiger partial charge in [-0.05, 0) is 58.2 Å². The summed E-state index contributed by atoms with van der Waals surface area (Å²) in [6.07, 6.45) is 3.99. The highest BCUT2D eigenvalue weighted by Gasteiger charge is 2.31. The van der Waals surface area contributed by atoms with Crippen LogP contribution in [0.4, 0.5) is 0 Å². The maximum atomic E-state index is 4.11. The normalized spacial score (nSPS) is 16.8. The molecule has 1 nitrogen and oxygen atoms in total. The van der Waals surface area contributed by atoms with Gasteiger partial charge >= 0.3 is 0 Å². The lowest BCUT2D eigenvalue weighted by atomic mass is 9.69. The highest BCUT2D eigenvalue weighted by Crippen LogP contribution is 2.38. The number of hydrogen-bond donors (Lipinski definition) is 0. The van der Waals surface area contributed by atoms with Crippen molar-refractivity contribution in [2.45, 2.75) is 33.1 Å². The van der Waals surface area contributed by atoms with E-state index in [9.17, 15) is 0 Å². The second-order valence-electron chi connectivity index (χ2n) is 6.59. The second kappa shape index (κ2) is 5.24. The lowest BCUT2D eigenvalue weighted by molar-refractivity contribution is 0.626. The first-order chi connectivity index (χ1) is 10.5. The third-order valence-corrected chi connectivity index (χ3v) is 4.87. The zero-order valence-electron chi connectivity index (χ0n) is 14.1. The van der Waals surface area contributed by atoms with Crippen molar-refractivity contribution in [3.05, 3.63) is 69.1 Å². The lowest BCUT2D eigenvalue weighted by Gasteiger charge is -2.34. The van der Waals surface area contributed by atoms with Crippen molar-refractivity contribution in [1.82, 2.24) is 0 Å². The molecule has 1 aliphatic carbocycles. The molecule has 0 radical (unpaired) electrons. The summed E-state index contributed by atoms with van der Waals surface area (Å²) in [5.41, 5.74) is 6.99. The number of aliphatic imine (C=N–C) groups is 1. The Hall–Kier alpha value is -2.15. The highest BCUT2D eigenvalue weighted by molar-refractivity contribution is 5.91. The van der Waals surface area contributed by atoms with E-state index in [2.05, 4.69) is 75.2 Å². The van der Waals surface area contributed by atoms with Gasteiger partial charge in [0.05, 0.1) is 0 Å². The molecule has 0 unspecified atom stereocenters. The molecular weight excluding hydrogens is 266 g/mol. The Morgan fingerprint density at radius 3 is 2.36 bits per heavy atom. The Labute approximate surface area is 132 Å². The van der Waals surface area contributed by atoms with E-state index in [0.717, 1.165) is 0 Å². The zero-order chi connectivity index (χ0) is 15.9. The summed E-state index contributed by atoms with van der Waals surface area (Å²) in [4.78, 5) is 4.11. The van der Waals surface area contributed by atoms with Crippen molar-refractivity contribution >= 4 is 17.9 Å². The van der Waals surface area contributed by atoms with E-state index < -0.39 is 0 Å². The highest BCUT2D eigenvalue weighted by atomic mass is 14.6. The fourth-order valence-corrected chi connectivity index (χ4v) is 3.76. The Kier molecular flexibility index (Phi) is 3.52. The molecule has 0 amide bonds. The molecule has 0 saturated carbocycles. The molecule has 0 aliphatic heterocycles. The molecule has 0 heterocycles.